The van der Waals surface area contributed by atoms with Gasteiger partial charge in [-0.3, -0.25) is 14.6 Å². The van der Waals surface area contributed by atoms with Crippen LogP contribution in [0.2, 0.25) is 5.02 Å². The summed E-state index contributed by atoms with van der Waals surface area (Å²) in [6.07, 6.45) is -3.63. The molecule has 0 unspecified atom stereocenters. The fraction of sp³-hybridized carbons (Fsp3) is 0.174. The fourth-order valence-corrected chi connectivity index (χ4v) is 3.11. The van der Waals surface area contributed by atoms with Crippen molar-refractivity contribution in [2.45, 2.75) is 20.2 Å². The molecule has 0 aliphatic rings. The van der Waals surface area contributed by atoms with Gasteiger partial charge >= 0.3 is 6.36 Å². The molecule has 1 heterocycles. The molecule has 0 bridgehead atoms. The summed E-state index contributed by atoms with van der Waals surface area (Å²) in [7, 11) is 1.17. The number of methoxy groups -OCH3 is 1. The number of rotatable bonds is 7. The van der Waals surface area contributed by atoms with Crippen LogP contribution >= 0.6 is 11.6 Å². The van der Waals surface area contributed by atoms with Crippen molar-refractivity contribution in [3.05, 3.63) is 70.3 Å². The lowest BCUT2D eigenvalue weighted by Gasteiger charge is -2.17. The summed E-state index contributed by atoms with van der Waals surface area (Å²) in [6.45, 7) is 2.64. The van der Waals surface area contributed by atoms with Crippen LogP contribution in [0.25, 0.3) is 0 Å². The first-order chi connectivity index (χ1) is 16.4. The van der Waals surface area contributed by atoms with Crippen molar-refractivity contribution in [1.82, 2.24) is 4.98 Å². The first kappa shape index (κ1) is 25.8. The van der Waals surface area contributed by atoms with Crippen molar-refractivity contribution in [1.29, 1.82) is 0 Å². The maximum absolute atomic E-state index is 15.2. The molecule has 0 spiro atoms. The number of ketones is 1. The number of alkyl halides is 3. The van der Waals surface area contributed by atoms with Crippen LogP contribution in [0.3, 0.4) is 0 Å². The lowest BCUT2D eigenvalue weighted by molar-refractivity contribution is -0.274. The third kappa shape index (κ3) is 6.18. The van der Waals surface area contributed by atoms with Crippen LogP contribution in [0, 0.1) is 12.7 Å². The number of aromatic nitrogens is 1. The van der Waals surface area contributed by atoms with Gasteiger partial charge in [0.2, 0.25) is 0 Å². The molecule has 0 saturated carbocycles. The van der Waals surface area contributed by atoms with E-state index in [-0.39, 0.29) is 45.0 Å². The number of amides is 1. The Kier molecular flexibility index (Phi) is 7.49. The molecule has 3 rings (SSSR count). The fourth-order valence-electron chi connectivity index (χ4n) is 2.93. The van der Waals surface area contributed by atoms with Gasteiger partial charge in [-0.05, 0) is 31.2 Å². The van der Waals surface area contributed by atoms with Crippen LogP contribution in [0.15, 0.2) is 42.6 Å². The zero-order valence-electron chi connectivity index (χ0n) is 18.4. The SMILES string of the molecule is COc1cc(OC(F)(F)F)ccc1Oc1cc(Cl)c(C)c(F)c1C(=O)Nc1ccnc(C(C)=O)c1. The molecular formula is C23H17ClF4N2O5. The Bertz CT molecular complexity index is 1300. The molecule has 35 heavy (non-hydrogen) atoms. The number of nitrogens with one attached hydrogen (secondary N) is 1. The van der Waals surface area contributed by atoms with Gasteiger partial charge in [0, 0.05) is 36.5 Å². The lowest BCUT2D eigenvalue weighted by Crippen LogP contribution is -2.17. The zero-order valence-corrected chi connectivity index (χ0v) is 19.2. The third-order valence-electron chi connectivity index (χ3n) is 4.61. The first-order valence-electron chi connectivity index (χ1n) is 9.78. The summed E-state index contributed by atoms with van der Waals surface area (Å²) in [5.74, 6) is -3.50. The topological polar surface area (TPSA) is 86.8 Å². The van der Waals surface area contributed by atoms with Crippen LogP contribution in [0.5, 0.6) is 23.0 Å². The number of pyridine rings is 1. The number of carbonyl (C=O) groups is 2. The van der Waals surface area contributed by atoms with Gasteiger partial charge in [0.15, 0.2) is 17.3 Å². The number of halogens is 5. The van der Waals surface area contributed by atoms with E-state index in [0.29, 0.717) is 0 Å². The largest absolute Gasteiger partial charge is 0.573 e. The molecule has 0 radical (unpaired) electrons. The van der Waals surface area contributed by atoms with E-state index in [4.69, 9.17) is 21.1 Å². The standard InChI is InChI=1S/C23H17ClF4N2O5/c1-11-15(24)10-19(34-17-5-4-14(9-18(17)33-3)35-23(26,27)28)20(21(11)25)22(32)30-13-6-7-29-16(8-13)12(2)31/h4-10H,1-3H3,(H,29,30,32). The monoisotopic (exact) mass is 512 g/mol. The highest BCUT2D eigenvalue weighted by atomic mass is 35.5. The minimum Gasteiger partial charge on any atom is -0.493 e. The number of nitrogens with zero attached hydrogens (tertiary/aromatic N) is 1. The van der Waals surface area contributed by atoms with Crippen molar-refractivity contribution in [2.24, 2.45) is 0 Å². The smallest absolute Gasteiger partial charge is 0.493 e. The van der Waals surface area contributed by atoms with Crippen molar-refractivity contribution < 1.29 is 41.4 Å². The van der Waals surface area contributed by atoms with Crippen LogP contribution < -0.4 is 19.5 Å². The molecule has 0 saturated heterocycles. The summed E-state index contributed by atoms with van der Waals surface area (Å²) < 4.78 is 67.3. The van der Waals surface area contributed by atoms with E-state index >= 15 is 4.39 Å². The van der Waals surface area contributed by atoms with E-state index in [2.05, 4.69) is 15.0 Å². The van der Waals surface area contributed by atoms with Gasteiger partial charge in [0.25, 0.3) is 5.91 Å². The van der Waals surface area contributed by atoms with Gasteiger partial charge in [-0.25, -0.2) is 4.39 Å². The average Bonchev–Trinajstić information content (AvgIpc) is 2.77. The normalized spacial score (nSPS) is 11.1. The van der Waals surface area contributed by atoms with E-state index in [1.807, 2.05) is 0 Å². The van der Waals surface area contributed by atoms with Gasteiger partial charge in [0.05, 0.1) is 12.1 Å². The number of hydrogen-bond acceptors (Lipinski definition) is 6. The Morgan fingerprint density at radius 3 is 2.40 bits per heavy atom. The van der Waals surface area contributed by atoms with Gasteiger partial charge < -0.3 is 19.5 Å². The molecule has 1 amide bonds. The highest BCUT2D eigenvalue weighted by molar-refractivity contribution is 6.31. The van der Waals surface area contributed by atoms with Crippen LogP contribution in [0.1, 0.15) is 33.3 Å². The van der Waals surface area contributed by atoms with Crippen molar-refractivity contribution >= 4 is 29.0 Å². The molecule has 7 nitrogen and oxygen atoms in total. The number of hydrogen-bond donors (Lipinski definition) is 1. The van der Waals surface area contributed by atoms with Crippen LogP contribution in [-0.4, -0.2) is 30.1 Å². The Morgan fingerprint density at radius 1 is 1.06 bits per heavy atom. The second kappa shape index (κ2) is 10.2. The van der Waals surface area contributed by atoms with E-state index in [0.717, 1.165) is 18.2 Å². The maximum atomic E-state index is 15.2. The number of Topliss-reactive ketones (excluding diaryl/α,β-unsaturated/α-hetero) is 1. The van der Waals surface area contributed by atoms with Crippen LogP contribution in [0.4, 0.5) is 23.2 Å². The lowest BCUT2D eigenvalue weighted by atomic mass is 10.1. The molecular weight excluding hydrogens is 496 g/mol. The van der Waals surface area contributed by atoms with E-state index in [1.54, 1.807) is 0 Å². The Balaban J connectivity index is 2.00. The minimum absolute atomic E-state index is 0.0378. The Labute approximate surface area is 201 Å². The van der Waals surface area contributed by atoms with Crippen molar-refractivity contribution in [3.8, 4) is 23.0 Å². The van der Waals surface area contributed by atoms with Crippen molar-refractivity contribution in [3.63, 3.8) is 0 Å². The van der Waals surface area contributed by atoms with Crippen LogP contribution in [-0.2, 0) is 0 Å². The molecule has 3 aromatic rings. The van der Waals surface area contributed by atoms with Crippen molar-refractivity contribution in [2.75, 3.05) is 12.4 Å². The molecule has 0 aliphatic carbocycles. The quantitative estimate of drug-likeness (QED) is 0.294. The van der Waals surface area contributed by atoms with Gasteiger partial charge in [0.1, 0.15) is 28.6 Å². The molecule has 1 aromatic heterocycles. The predicted octanol–water partition coefficient (Wildman–Crippen LogP) is 6.34. The van der Waals surface area contributed by atoms with Gasteiger partial charge in [-0.2, -0.15) is 0 Å². The number of anilines is 1. The number of ether oxygens (including phenoxy) is 3. The minimum atomic E-state index is -4.93. The van der Waals surface area contributed by atoms with E-state index in [1.165, 1.54) is 45.4 Å². The Hall–Kier alpha value is -3.86. The second-order valence-corrected chi connectivity index (χ2v) is 7.48. The summed E-state index contributed by atoms with van der Waals surface area (Å²) in [4.78, 5) is 28.4. The molecule has 0 fully saturated rings. The number of benzene rings is 2. The Morgan fingerprint density at radius 2 is 1.77 bits per heavy atom. The molecule has 12 heteroatoms. The number of carbonyl (C=O) groups excluding carboxylic acids is 2. The predicted molar refractivity (Wildman–Crippen MR) is 118 cm³/mol. The maximum Gasteiger partial charge on any atom is 0.573 e. The molecule has 0 atom stereocenters. The van der Waals surface area contributed by atoms with E-state index < -0.39 is 29.4 Å². The summed E-state index contributed by atoms with van der Waals surface area (Å²) >= 11 is 6.08. The van der Waals surface area contributed by atoms with E-state index in [9.17, 15) is 22.8 Å². The average molecular weight is 513 g/mol. The van der Waals surface area contributed by atoms with Gasteiger partial charge in [-0.1, -0.05) is 11.6 Å². The summed E-state index contributed by atoms with van der Waals surface area (Å²) in [6, 6.07) is 6.85. The summed E-state index contributed by atoms with van der Waals surface area (Å²) in [5, 5.41) is 2.40. The molecule has 1 N–H and O–H groups in total. The summed E-state index contributed by atoms with van der Waals surface area (Å²) in [5.41, 5.74) is -0.327. The van der Waals surface area contributed by atoms with Gasteiger partial charge in [-0.15, -0.1) is 13.2 Å². The molecule has 0 aliphatic heterocycles. The second-order valence-electron chi connectivity index (χ2n) is 7.07. The molecule has 2 aromatic carbocycles. The highest BCUT2D eigenvalue weighted by Crippen LogP contribution is 2.39. The molecule has 184 valence electrons. The highest BCUT2D eigenvalue weighted by Gasteiger charge is 2.31. The third-order valence-corrected chi connectivity index (χ3v) is 5.00. The zero-order chi connectivity index (χ0) is 25.9. The first-order valence-corrected chi connectivity index (χ1v) is 10.2.